The van der Waals surface area contributed by atoms with E-state index < -0.39 is 0 Å². The molecule has 0 radical (unpaired) electrons. The molecule has 2 heterocycles. The van der Waals surface area contributed by atoms with E-state index in [-0.39, 0.29) is 0 Å². The van der Waals surface area contributed by atoms with Gasteiger partial charge < -0.3 is 5.32 Å². The monoisotopic (exact) mass is 298 g/mol. The van der Waals surface area contributed by atoms with Crippen molar-refractivity contribution in [2.75, 3.05) is 6.54 Å². The summed E-state index contributed by atoms with van der Waals surface area (Å²) < 4.78 is 0. The van der Waals surface area contributed by atoms with Gasteiger partial charge in [-0.1, -0.05) is 31.3 Å². The minimum absolute atomic E-state index is 0.295. The van der Waals surface area contributed by atoms with Crippen LogP contribution >= 0.6 is 11.3 Å². The average molecular weight is 298 g/mol. The predicted octanol–water partition coefficient (Wildman–Crippen LogP) is 3.81. The molecule has 5 heteroatoms. The highest BCUT2D eigenvalue weighted by Crippen LogP contribution is 2.29. The van der Waals surface area contributed by atoms with Crippen molar-refractivity contribution in [2.45, 2.75) is 26.3 Å². The quantitative estimate of drug-likeness (QED) is 0.778. The summed E-state index contributed by atoms with van der Waals surface area (Å²) in [7, 11) is 0. The molecule has 108 valence electrons. The Morgan fingerprint density at radius 2 is 2.10 bits per heavy atom. The predicted molar refractivity (Wildman–Crippen MR) is 87.4 cm³/mol. The van der Waals surface area contributed by atoms with E-state index in [9.17, 15) is 0 Å². The van der Waals surface area contributed by atoms with Gasteiger partial charge in [0.15, 0.2) is 0 Å². The molecule has 0 aliphatic rings. The zero-order valence-electron chi connectivity index (χ0n) is 12.2. The first-order valence-electron chi connectivity index (χ1n) is 7.23. The van der Waals surface area contributed by atoms with Gasteiger partial charge in [0.2, 0.25) is 0 Å². The molecule has 1 unspecified atom stereocenters. The molecule has 0 aliphatic carbocycles. The second-order valence-electron chi connectivity index (χ2n) is 4.87. The molecule has 1 aromatic carbocycles. The molecule has 0 amide bonds. The first kappa shape index (κ1) is 14.1. The van der Waals surface area contributed by atoms with Crippen LogP contribution in [0.2, 0.25) is 0 Å². The SMILES string of the molecule is CCNC(CC)c1nnc(-c2ccc3ncccc3c2)s1. The second-order valence-corrected chi connectivity index (χ2v) is 5.88. The number of benzene rings is 1. The van der Waals surface area contributed by atoms with E-state index in [0.29, 0.717) is 6.04 Å². The fourth-order valence-corrected chi connectivity index (χ4v) is 3.35. The lowest BCUT2D eigenvalue weighted by atomic mass is 10.1. The summed E-state index contributed by atoms with van der Waals surface area (Å²) in [6, 6.07) is 10.5. The van der Waals surface area contributed by atoms with Gasteiger partial charge in [0.25, 0.3) is 0 Å². The third-order valence-electron chi connectivity index (χ3n) is 3.45. The molecular formula is C16H18N4S. The van der Waals surface area contributed by atoms with Crippen LogP contribution in [0.1, 0.15) is 31.3 Å². The van der Waals surface area contributed by atoms with E-state index in [1.807, 2.05) is 18.3 Å². The van der Waals surface area contributed by atoms with E-state index in [0.717, 1.165) is 39.4 Å². The maximum atomic E-state index is 4.35. The highest BCUT2D eigenvalue weighted by molar-refractivity contribution is 7.14. The Balaban J connectivity index is 1.93. The van der Waals surface area contributed by atoms with Crippen molar-refractivity contribution < 1.29 is 0 Å². The van der Waals surface area contributed by atoms with Gasteiger partial charge in [-0.2, -0.15) is 0 Å². The van der Waals surface area contributed by atoms with E-state index >= 15 is 0 Å². The Morgan fingerprint density at radius 1 is 1.19 bits per heavy atom. The first-order chi connectivity index (χ1) is 10.3. The number of fused-ring (bicyclic) bond motifs is 1. The van der Waals surface area contributed by atoms with Gasteiger partial charge >= 0.3 is 0 Å². The molecular weight excluding hydrogens is 280 g/mol. The third kappa shape index (κ3) is 2.94. The molecule has 0 saturated carbocycles. The Kier molecular flexibility index (Phi) is 4.22. The summed E-state index contributed by atoms with van der Waals surface area (Å²) in [6.45, 7) is 5.21. The van der Waals surface area contributed by atoms with Gasteiger partial charge in [0, 0.05) is 17.1 Å². The maximum Gasteiger partial charge on any atom is 0.147 e. The third-order valence-corrected chi connectivity index (χ3v) is 4.53. The van der Waals surface area contributed by atoms with Crippen LogP contribution in [0.4, 0.5) is 0 Å². The molecule has 2 aromatic heterocycles. The minimum Gasteiger partial charge on any atom is -0.308 e. The lowest BCUT2D eigenvalue weighted by Gasteiger charge is -2.10. The van der Waals surface area contributed by atoms with Crippen LogP contribution in [0.15, 0.2) is 36.5 Å². The van der Waals surface area contributed by atoms with E-state index in [1.165, 1.54) is 0 Å². The van der Waals surface area contributed by atoms with Gasteiger partial charge in [-0.05, 0) is 37.2 Å². The Hall–Kier alpha value is -1.85. The molecule has 1 atom stereocenters. The largest absolute Gasteiger partial charge is 0.308 e. The van der Waals surface area contributed by atoms with Crippen molar-refractivity contribution >= 4 is 22.2 Å². The fourth-order valence-electron chi connectivity index (χ4n) is 2.35. The zero-order valence-corrected chi connectivity index (χ0v) is 13.0. The average Bonchev–Trinajstić information content (AvgIpc) is 3.02. The lowest BCUT2D eigenvalue weighted by Crippen LogP contribution is -2.19. The number of nitrogens with zero attached hydrogens (tertiary/aromatic N) is 3. The molecule has 0 spiro atoms. The number of rotatable bonds is 5. The standard InChI is InChI=1S/C16H18N4S/c1-3-13(17-4-2)16-20-19-15(21-16)12-7-8-14-11(10-12)6-5-9-18-14/h5-10,13,17H,3-4H2,1-2H3. The van der Waals surface area contributed by atoms with Gasteiger partial charge in [-0.15, -0.1) is 10.2 Å². The summed E-state index contributed by atoms with van der Waals surface area (Å²) >= 11 is 1.66. The summed E-state index contributed by atoms with van der Waals surface area (Å²) in [5.41, 5.74) is 2.11. The molecule has 1 N–H and O–H groups in total. The highest BCUT2D eigenvalue weighted by Gasteiger charge is 2.14. The van der Waals surface area contributed by atoms with Gasteiger partial charge in [-0.25, -0.2) is 0 Å². The fraction of sp³-hybridized carbons (Fsp3) is 0.312. The van der Waals surface area contributed by atoms with Crippen molar-refractivity contribution in [1.29, 1.82) is 0 Å². The van der Waals surface area contributed by atoms with Crippen molar-refractivity contribution in [3.05, 3.63) is 41.5 Å². The van der Waals surface area contributed by atoms with Crippen LogP contribution in [0.3, 0.4) is 0 Å². The number of hydrogen-bond acceptors (Lipinski definition) is 5. The van der Waals surface area contributed by atoms with Crippen molar-refractivity contribution in [2.24, 2.45) is 0 Å². The number of pyridine rings is 1. The smallest absolute Gasteiger partial charge is 0.147 e. The molecule has 0 saturated heterocycles. The Morgan fingerprint density at radius 3 is 2.90 bits per heavy atom. The van der Waals surface area contributed by atoms with Crippen molar-refractivity contribution in [3.63, 3.8) is 0 Å². The van der Waals surface area contributed by atoms with Crippen LogP contribution in [-0.2, 0) is 0 Å². The van der Waals surface area contributed by atoms with Gasteiger partial charge in [0.05, 0.1) is 11.6 Å². The summed E-state index contributed by atoms with van der Waals surface area (Å²) in [6.07, 6.45) is 2.83. The van der Waals surface area contributed by atoms with E-state index in [2.05, 4.69) is 52.5 Å². The van der Waals surface area contributed by atoms with Crippen LogP contribution in [0.25, 0.3) is 21.5 Å². The second kappa shape index (κ2) is 6.28. The number of hydrogen-bond donors (Lipinski definition) is 1. The molecule has 3 rings (SSSR count). The first-order valence-corrected chi connectivity index (χ1v) is 8.05. The van der Waals surface area contributed by atoms with E-state index in [1.54, 1.807) is 11.3 Å². The molecule has 21 heavy (non-hydrogen) atoms. The molecule has 0 aliphatic heterocycles. The zero-order chi connectivity index (χ0) is 14.7. The van der Waals surface area contributed by atoms with Crippen molar-refractivity contribution in [3.8, 4) is 10.6 Å². The highest BCUT2D eigenvalue weighted by atomic mass is 32.1. The Bertz CT molecular complexity index is 738. The van der Waals surface area contributed by atoms with Crippen LogP contribution in [0, 0.1) is 0 Å². The van der Waals surface area contributed by atoms with Gasteiger partial charge in [0.1, 0.15) is 10.0 Å². The summed E-state index contributed by atoms with van der Waals surface area (Å²) in [4.78, 5) is 4.34. The molecule has 4 nitrogen and oxygen atoms in total. The Labute approximate surface area is 128 Å². The normalized spacial score (nSPS) is 12.7. The summed E-state index contributed by atoms with van der Waals surface area (Å²) in [5.74, 6) is 0. The minimum atomic E-state index is 0.295. The van der Waals surface area contributed by atoms with Crippen LogP contribution < -0.4 is 5.32 Å². The molecule has 0 fully saturated rings. The van der Waals surface area contributed by atoms with Crippen molar-refractivity contribution in [1.82, 2.24) is 20.5 Å². The van der Waals surface area contributed by atoms with Crippen LogP contribution in [-0.4, -0.2) is 21.7 Å². The number of aromatic nitrogens is 3. The molecule has 0 bridgehead atoms. The molecule has 3 aromatic rings. The lowest BCUT2D eigenvalue weighted by molar-refractivity contribution is 0.531. The maximum absolute atomic E-state index is 4.35. The number of nitrogens with one attached hydrogen (secondary N) is 1. The van der Waals surface area contributed by atoms with Gasteiger partial charge in [-0.3, -0.25) is 4.98 Å². The van der Waals surface area contributed by atoms with E-state index in [4.69, 9.17) is 0 Å². The summed E-state index contributed by atoms with van der Waals surface area (Å²) in [5, 5.41) is 15.3. The van der Waals surface area contributed by atoms with Crippen LogP contribution in [0.5, 0.6) is 0 Å². The topological polar surface area (TPSA) is 50.7 Å².